The Kier molecular flexibility index (Phi) is 8.49. The van der Waals surface area contributed by atoms with Gasteiger partial charge in [-0.05, 0) is 42.8 Å². The molecule has 0 atom stereocenters. The van der Waals surface area contributed by atoms with Crippen LogP contribution in [0.15, 0.2) is 42.5 Å². The fraction of sp³-hybridized carbons (Fsp3) is 0.391. The van der Waals surface area contributed by atoms with E-state index in [1.165, 1.54) is 0 Å². The monoisotopic (exact) mass is 444 g/mol. The van der Waals surface area contributed by atoms with E-state index in [0.717, 1.165) is 16.9 Å². The Balaban J connectivity index is 1.60. The van der Waals surface area contributed by atoms with Gasteiger partial charge in [-0.25, -0.2) is 0 Å². The van der Waals surface area contributed by atoms with Crippen molar-refractivity contribution in [2.75, 3.05) is 46.6 Å². The first-order valence-corrected chi connectivity index (χ1v) is 10.7. The summed E-state index contributed by atoms with van der Waals surface area (Å²) >= 11 is 5.54. The summed E-state index contributed by atoms with van der Waals surface area (Å²) in [7, 11) is 1.64. The molecule has 1 saturated heterocycles. The Morgan fingerprint density at radius 2 is 1.84 bits per heavy atom. The van der Waals surface area contributed by atoms with Crippen molar-refractivity contribution in [3.63, 3.8) is 0 Å². The molecule has 0 bridgehead atoms. The van der Waals surface area contributed by atoms with Gasteiger partial charge < -0.3 is 29.2 Å². The quantitative estimate of drug-likeness (QED) is 0.597. The molecule has 166 valence electrons. The zero-order valence-electron chi connectivity index (χ0n) is 17.9. The van der Waals surface area contributed by atoms with Crippen molar-refractivity contribution in [3.05, 3.63) is 53.6 Å². The second-order valence-corrected chi connectivity index (χ2v) is 7.32. The topological polar surface area (TPSA) is 69.3 Å². The fourth-order valence-electron chi connectivity index (χ4n) is 3.11. The number of hydrogen-bond acceptors (Lipinski definition) is 6. The number of nitrogens with one attached hydrogen (secondary N) is 1. The van der Waals surface area contributed by atoms with Crippen LogP contribution in [0.25, 0.3) is 0 Å². The van der Waals surface area contributed by atoms with E-state index in [-0.39, 0.29) is 12.5 Å². The van der Waals surface area contributed by atoms with Crippen molar-refractivity contribution in [2.24, 2.45) is 0 Å². The molecule has 31 heavy (non-hydrogen) atoms. The van der Waals surface area contributed by atoms with Gasteiger partial charge in [-0.2, -0.15) is 0 Å². The summed E-state index contributed by atoms with van der Waals surface area (Å²) in [5, 5.41) is 3.26. The van der Waals surface area contributed by atoms with Crippen molar-refractivity contribution >= 4 is 23.1 Å². The maximum absolute atomic E-state index is 12.3. The number of rotatable bonds is 9. The van der Waals surface area contributed by atoms with Crippen LogP contribution >= 0.6 is 12.2 Å². The molecule has 2 aromatic carbocycles. The minimum absolute atomic E-state index is 0.0421. The third kappa shape index (κ3) is 6.57. The van der Waals surface area contributed by atoms with Crippen LogP contribution in [0.2, 0.25) is 0 Å². The largest absolute Gasteiger partial charge is 0.497 e. The van der Waals surface area contributed by atoms with Crippen molar-refractivity contribution in [2.45, 2.75) is 13.5 Å². The molecule has 1 aliphatic rings. The molecule has 0 saturated carbocycles. The van der Waals surface area contributed by atoms with Gasteiger partial charge in [-0.3, -0.25) is 4.79 Å². The summed E-state index contributed by atoms with van der Waals surface area (Å²) in [5.41, 5.74) is 1.91. The lowest BCUT2D eigenvalue weighted by Crippen LogP contribution is -2.43. The van der Waals surface area contributed by atoms with E-state index in [9.17, 15) is 4.79 Å². The van der Waals surface area contributed by atoms with Crippen LogP contribution in [0.3, 0.4) is 0 Å². The standard InChI is InChI=1S/C23H28N2O5S/c1-3-29-21-14-18(23(31)24-15-17-4-7-19(27-2)8-5-17)6-9-20(21)30-16-22(26)25-10-12-28-13-11-25/h4-9,14H,3,10-13,15-16H2,1-2H3,(H,24,31). The van der Waals surface area contributed by atoms with E-state index >= 15 is 0 Å². The lowest BCUT2D eigenvalue weighted by molar-refractivity contribution is -0.137. The molecular weight excluding hydrogens is 416 g/mol. The van der Waals surface area contributed by atoms with E-state index in [1.54, 1.807) is 18.1 Å². The molecule has 1 heterocycles. The van der Waals surface area contributed by atoms with E-state index < -0.39 is 0 Å². The summed E-state index contributed by atoms with van der Waals surface area (Å²) in [6.45, 7) is 5.23. The van der Waals surface area contributed by atoms with Crippen LogP contribution in [0.5, 0.6) is 17.2 Å². The third-order valence-electron chi connectivity index (χ3n) is 4.83. The molecular formula is C23H28N2O5S. The average Bonchev–Trinajstić information content (AvgIpc) is 2.82. The van der Waals surface area contributed by atoms with Crippen LogP contribution in [-0.2, 0) is 16.1 Å². The number of benzene rings is 2. The zero-order valence-corrected chi connectivity index (χ0v) is 18.7. The molecule has 7 nitrogen and oxygen atoms in total. The number of amides is 1. The van der Waals surface area contributed by atoms with Gasteiger partial charge in [0.25, 0.3) is 5.91 Å². The maximum atomic E-state index is 12.3. The molecule has 0 unspecified atom stereocenters. The van der Waals surface area contributed by atoms with Crippen LogP contribution in [-0.4, -0.2) is 62.4 Å². The van der Waals surface area contributed by atoms with Crippen molar-refractivity contribution < 1.29 is 23.7 Å². The van der Waals surface area contributed by atoms with E-state index in [0.29, 0.717) is 55.9 Å². The number of carbonyl (C=O) groups excluding carboxylic acids is 1. The highest BCUT2D eigenvalue weighted by Gasteiger charge is 2.18. The summed E-state index contributed by atoms with van der Waals surface area (Å²) in [6.07, 6.45) is 0. The molecule has 1 aliphatic heterocycles. The van der Waals surface area contributed by atoms with Gasteiger partial charge in [-0.15, -0.1) is 0 Å². The molecule has 0 spiro atoms. The second-order valence-electron chi connectivity index (χ2n) is 6.91. The van der Waals surface area contributed by atoms with Gasteiger partial charge in [0.05, 0.1) is 26.9 Å². The van der Waals surface area contributed by atoms with E-state index in [1.807, 2.05) is 43.3 Å². The van der Waals surface area contributed by atoms with Gasteiger partial charge in [0.2, 0.25) is 0 Å². The average molecular weight is 445 g/mol. The normalized spacial score (nSPS) is 13.4. The Bertz CT molecular complexity index is 882. The predicted octanol–water partition coefficient (Wildman–Crippen LogP) is 2.80. The summed E-state index contributed by atoms with van der Waals surface area (Å²) in [6, 6.07) is 13.3. The molecule has 0 aliphatic carbocycles. The second kappa shape index (κ2) is 11.5. The molecule has 1 N–H and O–H groups in total. The highest BCUT2D eigenvalue weighted by molar-refractivity contribution is 7.80. The Labute approximate surface area is 188 Å². The lowest BCUT2D eigenvalue weighted by Gasteiger charge is -2.26. The van der Waals surface area contributed by atoms with Crippen molar-refractivity contribution in [1.82, 2.24) is 10.2 Å². The Morgan fingerprint density at radius 3 is 2.52 bits per heavy atom. The molecule has 1 amide bonds. The van der Waals surface area contributed by atoms with Crippen LogP contribution in [0, 0.1) is 0 Å². The number of thiocarbonyl (C=S) groups is 1. The molecule has 3 rings (SSSR count). The van der Waals surface area contributed by atoms with Gasteiger partial charge in [0.15, 0.2) is 18.1 Å². The minimum atomic E-state index is -0.0634. The van der Waals surface area contributed by atoms with Gasteiger partial charge in [0.1, 0.15) is 10.7 Å². The Morgan fingerprint density at radius 1 is 1.10 bits per heavy atom. The zero-order chi connectivity index (χ0) is 22.1. The maximum Gasteiger partial charge on any atom is 0.260 e. The minimum Gasteiger partial charge on any atom is -0.497 e. The predicted molar refractivity (Wildman–Crippen MR) is 122 cm³/mol. The summed E-state index contributed by atoms with van der Waals surface area (Å²) in [4.78, 5) is 14.7. The van der Waals surface area contributed by atoms with Gasteiger partial charge >= 0.3 is 0 Å². The van der Waals surface area contributed by atoms with E-state index in [4.69, 9.17) is 31.2 Å². The fourth-order valence-corrected chi connectivity index (χ4v) is 3.31. The van der Waals surface area contributed by atoms with Gasteiger partial charge in [-0.1, -0.05) is 24.4 Å². The summed E-state index contributed by atoms with van der Waals surface area (Å²) < 4.78 is 21.9. The van der Waals surface area contributed by atoms with E-state index in [2.05, 4.69) is 5.32 Å². The highest BCUT2D eigenvalue weighted by atomic mass is 32.1. The Hall–Kier alpha value is -2.84. The number of ether oxygens (including phenoxy) is 4. The first-order valence-electron chi connectivity index (χ1n) is 10.3. The number of carbonyl (C=O) groups is 1. The molecule has 2 aromatic rings. The summed E-state index contributed by atoms with van der Waals surface area (Å²) in [5.74, 6) is 1.83. The van der Waals surface area contributed by atoms with Crippen LogP contribution in [0.4, 0.5) is 0 Å². The van der Waals surface area contributed by atoms with Gasteiger partial charge in [0, 0.05) is 25.2 Å². The van der Waals surface area contributed by atoms with Crippen LogP contribution in [0.1, 0.15) is 18.1 Å². The van der Waals surface area contributed by atoms with Crippen molar-refractivity contribution in [3.8, 4) is 17.2 Å². The van der Waals surface area contributed by atoms with Crippen molar-refractivity contribution in [1.29, 1.82) is 0 Å². The number of nitrogens with zero attached hydrogens (tertiary/aromatic N) is 1. The van der Waals surface area contributed by atoms with Crippen LogP contribution < -0.4 is 19.5 Å². The molecule has 8 heteroatoms. The molecule has 0 radical (unpaired) electrons. The first-order chi connectivity index (χ1) is 15.1. The third-order valence-corrected chi connectivity index (χ3v) is 5.21. The number of morpholine rings is 1. The highest BCUT2D eigenvalue weighted by Crippen LogP contribution is 2.29. The number of hydrogen-bond donors (Lipinski definition) is 1. The molecule has 1 fully saturated rings. The SMILES string of the molecule is CCOc1cc(C(=S)NCc2ccc(OC)cc2)ccc1OCC(=O)N1CCOCC1. The molecule has 0 aromatic heterocycles. The lowest BCUT2D eigenvalue weighted by atomic mass is 10.1. The smallest absolute Gasteiger partial charge is 0.260 e. The first kappa shape index (κ1) is 22.8. The number of methoxy groups -OCH3 is 1.